The van der Waals surface area contributed by atoms with E-state index in [1.54, 1.807) is 6.92 Å². The highest BCUT2D eigenvalue weighted by Crippen LogP contribution is 2.26. The van der Waals surface area contributed by atoms with E-state index in [0.717, 1.165) is 24.7 Å². The van der Waals surface area contributed by atoms with Gasteiger partial charge in [-0.3, -0.25) is 4.79 Å². The third-order valence-electron chi connectivity index (χ3n) is 3.56. The number of rotatable bonds is 2. The molecule has 1 heterocycles. The molecule has 1 aliphatic rings. The highest BCUT2D eigenvalue weighted by atomic mass is 16.1. The standard InChI is InChI=1S/C14H20N2O/c1-10-5-7-16(8-6-10)12-3-4-13(11(2)17)14(15)9-12/h3-4,9-10H,5-8,15H2,1-2H3. The van der Waals surface area contributed by atoms with Crippen molar-refractivity contribution < 1.29 is 4.79 Å². The van der Waals surface area contributed by atoms with Gasteiger partial charge in [0.25, 0.3) is 0 Å². The molecule has 2 rings (SSSR count). The second kappa shape index (κ2) is 4.78. The van der Waals surface area contributed by atoms with Gasteiger partial charge >= 0.3 is 0 Å². The van der Waals surface area contributed by atoms with Crippen LogP contribution in [0.15, 0.2) is 18.2 Å². The minimum Gasteiger partial charge on any atom is -0.398 e. The summed E-state index contributed by atoms with van der Waals surface area (Å²) in [4.78, 5) is 13.7. The van der Waals surface area contributed by atoms with Gasteiger partial charge in [-0.1, -0.05) is 6.92 Å². The molecule has 1 aromatic rings. The summed E-state index contributed by atoms with van der Waals surface area (Å²) in [7, 11) is 0. The molecule has 1 aromatic carbocycles. The van der Waals surface area contributed by atoms with Crippen LogP contribution in [0, 0.1) is 5.92 Å². The summed E-state index contributed by atoms with van der Waals surface area (Å²) < 4.78 is 0. The van der Waals surface area contributed by atoms with E-state index in [1.807, 2.05) is 18.2 Å². The van der Waals surface area contributed by atoms with Gasteiger partial charge in [0.2, 0.25) is 0 Å². The van der Waals surface area contributed by atoms with Crippen molar-refractivity contribution in [3.63, 3.8) is 0 Å². The van der Waals surface area contributed by atoms with E-state index >= 15 is 0 Å². The van der Waals surface area contributed by atoms with E-state index in [2.05, 4.69) is 11.8 Å². The molecule has 17 heavy (non-hydrogen) atoms. The lowest BCUT2D eigenvalue weighted by molar-refractivity contribution is 0.101. The second-order valence-corrected chi connectivity index (χ2v) is 5.00. The normalized spacial score (nSPS) is 17.2. The molecule has 0 radical (unpaired) electrons. The third-order valence-corrected chi connectivity index (χ3v) is 3.56. The van der Waals surface area contributed by atoms with Crippen molar-refractivity contribution in [1.82, 2.24) is 0 Å². The lowest BCUT2D eigenvalue weighted by Gasteiger charge is -2.32. The van der Waals surface area contributed by atoms with Gasteiger partial charge in [-0.15, -0.1) is 0 Å². The number of piperidine rings is 1. The van der Waals surface area contributed by atoms with Crippen LogP contribution in [0.2, 0.25) is 0 Å². The van der Waals surface area contributed by atoms with Gasteiger partial charge in [-0.25, -0.2) is 0 Å². The third kappa shape index (κ3) is 2.60. The molecule has 3 heteroatoms. The van der Waals surface area contributed by atoms with Gasteiger partial charge < -0.3 is 10.6 Å². The summed E-state index contributed by atoms with van der Waals surface area (Å²) in [6.07, 6.45) is 2.46. The Balaban J connectivity index is 2.17. The maximum absolute atomic E-state index is 11.3. The SMILES string of the molecule is CC(=O)c1ccc(N2CCC(C)CC2)cc1N. The number of benzene rings is 1. The van der Waals surface area contributed by atoms with Gasteiger partial charge in [-0.2, -0.15) is 0 Å². The van der Waals surface area contributed by atoms with Crippen LogP contribution in [0.25, 0.3) is 0 Å². The maximum atomic E-state index is 11.3. The number of nitrogen functional groups attached to an aromatic ring is 1. The maximum Gasteiger partial charge on any atom is 0.161 e. The molecule has 0 unspecified atom stereocenters. The van der Waals surface area contributed by atoms with E-state index in [1.165, 1.54) is 12.8 Å². The molecule has 2 N–H and O–H groups in total. The number of carbonyl (C=O) groups excluding carboxylic acids is 1. The molecule has 3 nitrogen and oxygen atoms in total. The van der Waals surface area contributed by atoms with Crippen molar-refractivity contribution in [2.75, 3.05) is 23.7 Å². The lowest BCUT2D eigenvalue weighted by Crippen LogP contribution is -2.32. The predicted molar refractivity (Wildman–Crippen MR) is 71.5 cm³/mol. The number of hydrogen-bond donors (Lipinski definition) is 1. The Kier molecular flexibility index (Phi) is 3.36. The van der Waals surface area contributed by atoms with Gasteiger partial charge in [-0.05, 0) is 43.9 Å². The van der Waals surface area contributed by atoms with Crippen molar-refractivity contribution in [3.8, 4) is 0 Å². The number of ketones is 1. The Morgan fingerprint density at radius 3 is 2.53 bits per heavy atom. The highest BCUT2D eigenvalue weighted by Gasteiger charge is 2.17. The first-order valence-corrected chi connectivity index (χ1v) is 6.23. The molecule has 1 saturated heterocycles. The van der Waals surface area contributed by atoms with Crippen LogP contribution in [0.4, 0.5) is 11.4 Å². The zero-order chi connectivity index (χ0) is 12.4. The van der Waals surface area contributed by atoms with Gasteiger partial charge in [0.05, 0.1) is 0 Å². The van der Waals surface area contributed by atoms with Crippen LogP contribution in [0.1, 0.15) is 37.0 Å². The lowest BCUT2D eigenvalue weighted by atomic mass is 9.98. The van der Waals surface area contributed by atoms with E-state index in [0.29, 0.717) is 11.3 Å². The summed E-state index contributed by atoms with van der Waals surface area (Å²) >= 11 is 0. The monoisotopic (exact) mass is 232 g/mol. The second-order valence-electron chi connectivity index (χ2n) is 5.00. The van der Waals surface area contributed by atoms with Crippen LogP contribution in [-0.4, -0.2) is 18.9 Å². The van der Waals surface area contributed by atoms with Crippen LogP contribution >= 0.6 is 0 Å². The Hall–Kier alpha value is -1.51. The zero-order valence-corrected chi connectivity index (χ0v) is 10.6. The van der Waals surface area contributed by atoms with E-state index in [-0.39, 0.29) is 5.78 Å². The van der Waals surface area contributed by atoms with Crippen LogP contribution in [-0.2, 0) is 0 Å². The van der Waals surface area contributed by atoms with Crippen molar-refractivity contribution >= 4 is 17.2 Å². The average molecular weight is 232 g/mol. The van der Waals surface area contributed by atoms with Crippen molar-refractivity contribution in [2.45, 2.75) is 26.7 Å². The molecular weight excluding hydrogens is 212 g/mol. The number of nitrogens with zero attached hydrogens (tertiary/aromatic N) is 1. The molecule has 0 aromatic heterocycles. The molecule has 0 saturated carbocycles. The zero-order valence-electron chi connectivity index (χ0n) is 10.6. The van der Waals surface area contributed by atoms with Gasteiger partial charge in [0.1, 0.15) is 0 Å². The summed E-state index contributed by atoms with van der Waals surface area (Å²) in [5.74, 6) is 0.849. The Morgan fingerprint density at radius 1 is 1.35 bits per heavy atom. The first-order valence-electron chi connectivity index (χ1n) is 6.23. The molecule has 0 spiro atoms. The van der Waals surface area contributed by atoms with Gasteiger partial charge in [0.15, 0.2) is 5.78 Å². The van der Waals surface area contributed by atoms with Crippen molar-refractivity contribution in [3.05, 3.63) is 23.8 Å². The summed E-state index contributed by atoms with van der Waals surface area (Å²) in [5, 5.41) is 0. The number of anilines is 2. The summed E-state index contributed by atoms with van der Waals surface area (Å²) in [6, 6.07) is 5.76. The number of nitrogens with two attached hydrogens (primary N) is 1. The smallest absolute Gasteiger partial charge is 0.161 e. The van der Waals surface area contributed by atoms with E-state index < -0.39 is 0 Å². The molecule has 92 valence electrons. The van der Waals surface area contributed by atoms with Crippen LogP contribution in [0.5, 0.6) is 0 Å². The predicted octanol–water partition coefficient (Wildman–Crippen LogP) is 2.71. The minimum atomic E-state index is 0.0290. The topological polar surface area (TPSA) is 46.3 Å². The fourth-order valence-corrected chi connectivity index (χ4v) is 2.33. The first kappa shape index (κ1) is 12.0. The van der Waals surface area contributed by atoms with E-state index in [4.69, 9.17) is 5.73 Å². The molecule has 0 bridgehead atoms. The van der Waals surface area contributed by atoms with E-state index in [9.17, 15) is 4.79 Å². The molecule has 0 aliphatic carbocycles. The Morgan fingerprint density at radius 2 is 2.00 bits per heavy atom. The fourth-order valence-electron chi connectivity index (χ4n) is 2.33. The minimum absolute atomic E-state index is 0.0290. The Labute approximate surface area is 103 Å². The highest BCUT2D eigenvalue weighted by molar-refractivity contribution is 5.99. The van der Waals surface area contributed by atoms with Crippen molar-refractivity contribution in [1.29, 1.82) is 0 Å². The quantitative estimate of drug-likeness (QED) is 0.630. The van der Waals surface area contributed by atoms with Crippen LogP contribution < -0.4 is 10.6 Å². The molecular formula is C14H20N2O. The summed E-state index contributed by atoms with van der Waals surface area (Å²) in [5.41, 5.74) is 8.26. The number of carbonyl (C=O) groups is 1. The number of hydrogen-bond acceptors (Lipinski definition) is 3. The largest absolute Gasteiger partial charge is 0.398 e. The number of Topliss-reactive ketones (excluding diaryl/α,β-unsaturated/α-hetero) is 1. The Bertz CT molecular complexity index is 420. The molecule has 0 atom stereocenters. The first-order chi connectivity index (χ1) is 8.08. The van der Waals surface area contributed by atoms with Crippen LogP contribution in [0.3, 0.4) is 0 Å². The average Bonchev–Trinajstić information content (AvgIpc) is 2.29. The van der Waals surface area contributed by atoms with Crippen molar-refractivity contribution in [2.24, 2.45) is 5.92 Å². The molecule has 1 aliphatic heterocycles. The fraction of sp³-hybridized carbons (Fsp3) is 0.500. The molecule has 0 amide bonds. The van der Waals surface area contributed by atoms with Gasteiger partial charge in [0, 0.05) is 30.0 Å². The summed E-state index contributed by atoms with van der Waals surface area (Å²) in [6.45, 7) is 6.01. The molecule has 1 fully saturated rings.